The summed E-state index contributed by atoms with van der Waals surface area (Å²) in [7, 11) is -4.16. The molecule has 236 valence electrons. The minimum absolute atomic E-state index is 0.0710. The number of hydrogen-bond donors (Lipinski definition) is 1. The lowest BCUT2D eigenvalue weighted by Gasteiger charge is -2.34. The Morgan fingerprint density at radius 3 is 2.18 bits per heavy atom. The van der Waals surface area contributed by atoms with Crippen LogP contribution in [-0.2, 0) is 32.6 Å². The molecule has 4 rings (SSSR count). The molecule has 1 N–H and O–H groups in total. The van der Waals surface area contributed by atoms with E-state index in [4.69, 9.17) is 0 Å². The van der Waals surface area contributed by atoms with Crippen LogP contribution < -0.4 is 9.62 Å². The molecule has 4 aromatic carbocycles. The standard InChI is InChI=1S/C36H40BrN3O4S/c1-5-28(4)38-36(42)34(22-29-13-7-6-8-14-29)39(24-30-15-10-9-12-27(30)3)35(41)25-40(32-17-11-16-31(37)23-32)45(43,44)33-20-18-26(2)19-21-33/h6-21,23,28,34H,5,22,24-25H2,1-4H3,(H,38,42)/t28-,34+/m1/s1. The van der Waals surface area contributed by atoms with Crippen molar-refractivity contribution in [2.24, 2.45) is 0 Å². The first-order valence-electron chi connectivity index (χ1n) is 15.0. The summed E-state index contributed by atoms with van der Waals surface area (Å²) in [5, 5.41) is 3.07. The van der Waals surface area contributed by atoms with Gasteiger partial charge in [-0.3, -0.25) is 13.9 Å². The van der Waals surface area contributed by atoms with Crippen LogP contribution in [0.25, 0.3) is 0 Å². The number of amides is 2. The molecule has 0 fully saturated rings. The average Bonchev–Trinajstić information content (AvgIpc) is 3.02. The van der Waals surface area contributed by atoms with Crippen LogP contribution in [0.2, 0.25) is 0 Å². The van der Waals surface area contributed by atoms with E-state index in [-0.39, 0.29) is 29.8 Å². The van der Waals surface area contributed by atoms with Gasteiger partial charge in [-0.05, 0) is 74.2 Å². The first kappa shape index (κ1) is 33.9. The number of benzene rings is 4. The largest absolute Gasteiger partial charge is 0.352 e. The topological polar surface area (TPSA) is 86.8 Å². The normalized spacial score (nSPS) is 12.6. The third-order valence-corrected chi connectivity index (χ3v) is 10.1. The number of aryl methyl sites for hydroxylation is 2. The first-order chi connectivity index (χ1) is 21.5. The molecule has 4 aromatic rings. The van der Waals surface area contributed by atoms with Gasteiger partial charge in [-0.25, -0.2) is 8.42 Å². The summed E-state index contributed by atoms with van der Waals surface area (Å²) in [5.74, 6) is -0.778. The van der Waals surface area contributed by atoms with Crippen LogP contribution in [0.3, 0.4) is 0 Å². The number of anilines is 1. The number of hydrogen-bond acceptors (Lipinski definition) is 4. The number of rotatable bonds is 13. The zero-order valence-corrected chi connectivity index (χ0v) is 28.5. The fourth-order valence-corrected chi connectivity index (χ4v) is 6.76. The van der Waals surface area contributed by atoms with Crippen molar-refractivity contribution < 1.29 is 18.0 Å². The molecule has 9 heteroatoms. The van der Waals surface area contributed by atoms with Gasteiger partial charge in [-0.15, -0.1) is 0 Å². The van der Waals surface area contributed by atoms with E-state index in [1.165, 1.54) is 4.90 Å². The predicted octanol–water partition coefficient (Wildman–Crippen LogP) is 6.82. The summed E-state index contributed by atoms with van der Waals surface area (Å²) >= 11 is 3.45. The van der Waals surface area contributed by atoms with Crippen molar-refractivity contribution in [1.82, 2.24) is 10.2 Å². The highest BCUT2D eigenvalue weighted by molar-refractivity contribution is 9.10. The second-order valence-electron chi connectivity index (χ2n) is 11.3. The van der Waals surface area contributed by atoms with Gasteiger partial charge in [-0.2, -0.15) is 0 Å². The van der Waals surface area contributed by atoms with E-state index < -0.39 is 28.5 Å². The molecule has 0 spiro atoms. The number of nitrogens with one attached hydrogen (secondary N) is 1. The number of carbonyl (C=O) groups excluding carboxylic acids is 2. The van der Waals surface area contributed by atoms with Gasteiger partial charge >= 0.3 is 0 Å². The summed E-state index contributed by atoms with van der Waals surface area (Å²) in [4.78, 5) is 30.1. The summed E-state index contributed by atoms with van der Waals surface area (Å²) in [6, 6.07) is 29.7. The summed E-state index contributed by atoms with van der Waals surface area (Å²) in [5.41, 5.74) is 3.97. The molecule has 0 aliphatic rings. The molecule has 2 atom stereocenters. The van der Waals surface area contributed by atoms with Crippen molar-refractivity contribution in [3.8, 4) is 0 Å². The van der Waals surface area contributed by atoms with Crippen LogP contribution in [0, 0.1) is 13.8 Å². The summed E-state index contributed by atoms with van der Waals surface area (Å²) in [6.45, 7) is 7.38. The third-order valence-electron chi connectivity index (χ3n) is 7.86. The van der Waals surface area contributed by atoms with Crippen molar-refractivity contribution in [1.29, 1.82) is 0 Å². The fourth-order valence-electron chi connectivity index (χ4n) is 4.96. The van der Waals surface area contributed by atoms with Gasteiger partial charge in [0.05, 0.1) is 10.6 Å². The molecule has 7 nitrogen and oxygen atoms in total. The van der Waals surface area contributed by atoms with E-state index in [1.54, 1.807) is 48.5 Å². The molecule has 0 aliphatic carbocycles. The Hall–Kier alpha value is -3.95. The maximum atomic E-state index is 14.6. The lowest BCUT2D eigenvalue weighted by Crippen LogP contribution is -2.54. The predicted molar refractivity (Wildman–Crippen MR) is 183 cm³/mol. The molecule has 0 bridgehead atoms. The molecular weight excluding hydrogens is 650 g/mol. The lowest BCUT2D eigenvalue weighted by atomic mass is 10.0. The molecule has 0 radical (unpaired) electrons. The zero-order chi connectivity index (χ0) is 32.6. The molecule has 45 heavy (non-hydrogen) atoms. The Balaban J connectivity index is 1.82. The van der Waals surface area contributed by atoms with E-state index in [1.807, 2.05) is 82.3 Å². The van der Waals surface area contributed by atoms with Gasteiger partial charge < -0.3 is 10.2 Å². The Labute approximate surface area is 275 Å². The second kappa shape index (κ2) is 15.4. The van der Waals surface area contributed by atoms with Crippen LogP contribution in [0.4, 0.5) is 5.69 Å². The average molecular weight is 691 g/mol. The van der Waals surface area contributed by atoms with Gasteiger partial charge in [0.2, 0.25) is 11.8 Å². The number of halogens is 1. The van der Waals surface area contributed by atoms with Crippen LogP contribution in [0.1, 0.15) is 42.5 Å². The molecule has 2 amide bonds. The maximum Gasteiger partial charge on any atom is 0.264 e. The van der Waals surface area contributed by atoms with Gasteiger partial charge in [0, 0.05) is 23.5 Å². The summed E-state index contributed by atoms with van der Waals surface area (Å²) < 4.78 is 30.1. The molecule has 0 saturated carbocycles. The van der Waals surface area contributed by atoms with E-state index in [9.17, 15) is 18.0 Å². The first-order valence-corrected chi connectivity index (χ1v) is 17.3. The van der Waals surface area contributed by atoms with Crippen molar-refractivity contribution >= 4 is 43.5 Å². The quantitative estimate of drug-likeness (QED) is 0.167. The molecule has 0 aromatic heterocycles. The molecule has 0 saturated heterocycles. The van der Waals surface area contributed by atoms with Gasteiger partial charge in [0.25, 0.3) is 10.0 Å². The maximum absolute atomic E-state index is 14.6. The number of carbonyl (C=O) groups is 2. The second-order valence-corrected chi connectivity index (χ2v) is 14.1. The number of nitrogens with zero attached hydrogens (tertiary/aromatic N) is 2. The van der Waals surface area contributed by atoms with Crippen molar-refractivity contribution in [2.75, 3.05) is 10.8 Å². The van der Waals surface area contributed by atoms with Crippen LogP contribution in [0.15, 0.2) is 112 Å². The minimum Gasteiger partial charge on any atom is -0.352 e. The van der Waals surface area contributed by atoms with E-state index >= 15 is 0 Å². The lowest BCUT2D eigenvalue weighted by molar-refractivity contribution is -0.140. The molecule has 0 heterocycles. The van der Waals surface area contributed by atoms with E-state index in [0.29, 0.717) is 10.2 Å². The molecule has 0 aliphatic heterocycles. The van der Waals surface area contributed by atoms with Crippen LogP contribution in [-0.4, -0.2) is 43.8 Å². The Kier molecular flexibility index (Phi) is 11.6. The zero-order valence-electron chi connectivity index (χ0n) is 26.1. The Morgan fingerprint density at radius 1 is 0.867 bits per heavy atom. The summed E-state index contributed by atoms with van der Waals surface area (Å²) in [6.07, 6.45) is 0.989. The smallest absolute Gasteiger partial charge is 0.264 e. The highest BCUT2D eigenvalue weighted by Crippen LogP contribution is 2.28. The molecular formula is C36H40BrN3O4S. The van der Waals surface area contributed by atoms with E-state index in [0.717, 1.165) is 33.0 Å². The SMILES string of the molecule is CC[C@@H](C)NC(=O)[C@H](Cc1ccccc1)N(Cc1ccccc1C)C(=O)CN(c1cccc(Br)c1)S(=O)(=O)c1ccc(C)cc1. The van der Waals surface area contributed by atoms with Gasteiger partial charge in [0.15, 0.2) is 0 Å². The van der Waals surface area contributed by atoms with Crippen molar-refractivity contribution in [2.45, 2.75) is 64.1 Å². The monoisotopic (exact) mass is 689 g/mol. The third kappa shape index (κ3) is 8.83. The Bertz CT molecular complexity index is 1710. The van der Waals surface area contributed by atoms with Gasteiger partial charge in [-0.1, -0.05) is 101 Å². The van der Waals surface area contributed by atoms with E-state index in [2.05, 4.69) is 21.2 Å². The van der Waals surface area contributed by atoms with Crippen LogP contribution in [0.5, 0.6) is 0 Å². The molecule has 0 unspecified atom stereocenters. The van der Waals surface area contributed by atoms with Crippen LogP contribution >= 0.6 is 15.9 Å². The minimum atomic E-state index is -4.16. The van der Waals surface area contributed by atoms with Gasteiger partial charge in [0.1, 0.15) is 12.6 Å². The Morgan fingerprint density at radius 2 is 1.53 bits per heavy atom. The van der Waals surface area contributed by atoms with Crippen molar-refractivity contribution in [3.05, 3.63) is 130 Å². The number of sulfonamides is 1. The fraction of sp³-hybridized carbons (Fsp3) is 0.278. The van der Waals surface area contributed by atoms with Crippen molar-refractivity contribution in [3.63, 3.8) is 0 Å². The highest BCUT2D eigenvalue weighted by Gasteiger charge is 2.35. The highest BCUT2D eigenvalue weighted by atomic mass is 79.9.